The van der Waals surface area contributed by atoms with Crippen LogP contribution in [-0.2, 0) is 0 Å². The number of aryl methyl sites for hydroxylation is 1. The number of nitrogens with two attached hydrogens (primary N) is 1. The van der Waals surface area contributed by atoms with Crippen molar-refractivity contribution in [1.82, 2.24) is 0 Å². The van der Waals surface area contributed by atoms with Crippen molar-refractivity contribution in [3.8, 4) is 0 Å². The Labute approximate surface area is 113 Å². The Balaban J connectivity index is 2.39. The van der Waals surface area contributed by atoms with Gasteiger partial charge in [0.2, 0.25) is 0 Å². The molecule has 2 N–H and O–H groups in total. The molecule has 5 nitrogen and oxygen atoms in total. The summed E-state index contributed by atoms with van der Waals surface area (Å²) in [6.07, 6.45) is 2.06. The zero-order valence-electron chi connectivity index (χ0n) is 11.5. The third-order valence-electron chi connectivity index (χ3n) is 3.89. The fourth-order valence-corrected chi connectivity index (χ4v) is 2.81. The molecule has 2 atom stereocenters. The minimum Gasteiger partial charge on any atom is -0.362 e. The summed E-state index contributed by atoms with van der Waals surface area (Å²) in [5, 5.41) is 11.2. The molecule has 1 aliphatic heterocycles. The van der Waals surface area contributed by atoms with E-state index >= 15 is 0 Å². The minimum absolute atomic E-state index is 0.179. The Hall–Kier alpha value is -1.62. The normalized spacial score (nSPS) is 23.4. The fraction of sp³-hybridized carbons (Fsp3) is 0.571. The van der Waals surface area contributed by atoms with Gasteiger partial charge in [-0.05, 0) is 37.3 Å². The first-order valence-corrected chi connectivity index (χ1v) is 6.74. The predicted molar refractivity (Wildman–Crippen MR) is 76.4 cm³/mol. The number of nitro benzene ring substituents is 1. The van der Waals surface area contributed by atoms with Crippen molar-refractivity contribution in [2.24, 2.45) is 11.7 Å². The van der Waals surface area contributed by atoms with E-state index in [-0.39, 0.29) is 16.7 Å². The Morgan fingerprint density at radius 1 is 1.53 bits per heavy atom. The second-order valence-corrected chi connectivity index (χ2v) is 5.46. The minimum atomic E-state index is -0.305. The first-order valence-electron chi connectivity index (χ1n) is 6.74. The quantitative estimate of drug-likeness (QED) is 0.671. The molecule has 104 valence electrons. The fourth-order valence-electron chi connectivity index (χ4n) is 2.81. The number of nitro groups is 1. The zero-order valence-corrected chi connectivity index (χ0v) is 11.5. The molecule has 0 amide bonds. The summed E-state index contributed by atoms with van der Waals surface area (Å²) in [6.45, 7) is 5.55. The summed E-state index contributed by atoms with van der Waals surface area (Å²) < 4.78 is 0. The largest absolute Gasteiger partial charge is 0.362 e. The van der Waals surface area contributed by atoms with Crippen LogP contribution in [-0.4, -0.2) is 24.1 Å². The van der Waals surface area contributed by atoms with Crippen LogP contribution >= 0.6 is 0 Å². The molecule has 2 unspecified atom stereocenters. The molecule has 0 aromatic heterocycles. The molecular formula is C14H21N3O2. The molecule has 5 heteroatoms. The summed E-state index contributed by atoms with van der Waals surface area (Å²) in [5.74, 6) is 0.633. The van der Waals surface area contributed by atoms with Gasteiger partial charge in [-0.25, -0.2) is 0 Å². The van der Waals surface area contributed by atoms with E-state index in [1.165, 1.54) is 0 Å². The highest BCUT2D eigenvalue weighted by atomic mass is 16.6. The van der Waals surface area contributed by atoms with Crippen LogP contribution in [0.15, 0.2) is 18.2 Å². The Morgan fingerprint density at radius 3 is 2.89 bits per heavy atom. The van der Waals surface area contributed by atoms with Crippen molar-refractivity contribution in [2.45, 2.75) is 32.7 Å². The van der Waals surface area contributed by atoms with Gasteiger partial charge in [-0.15, -0.1) is 0 Å². The first kappa shape index (κ1) is 13.8. The van der Waals surface area contributed by atoms with Gasteiger partial charge in [0.15, 0.2) is 0 Å². The molecular weight excluding hydrogens is 242 g/mol. The van der Waals surface area contributed by atoms with Crippen LogP contribution in [0.1, 0.15) is 25.3 Å². The van der Waals surface area contributed by atoms with Crippen LogP contribution in [0.4, 0.5) is 11.4 Å². The molecule has 0 radical (unpaired) electrons. The maximum atomic E-state index is 11.2. The maximum absolute atomic E-state index is 11.2. The van der Waals surface area contributed by atoms with Gasteiger partial charge in [0.05, 0.1) is 4.92 Å². The average molecular weight is 263 g/mol. The second kappa shape index (κ2) is 5.57. The van der Waals surface area contributed by atoms with E-state index < -0.39 is 0 Å². The molecule has 1 aromatic carbocycles. The van der Waals surface area contributed by atoms with Crippen LogP contribution in [0.2, 0.25) is 0 Å². The van der Waals surface area contributed by atoms with Crippen LogP contribution in [0.5, 0.6) is 0 Å². The number of piperidine rings is 1. The lowest BCUT2D eigenvalue weighted by Crippen LogP contribution is -2.46. The van der Waals surface area contributed by atoms with Crippen molar-refractivity contribution in [3.05, 3.63) is 33.9 Å². The van der Waals surface area contributed by atoms with Crippen molar-refractivity contribution in [2.75, 3.05) is 18.0 Å². The topological polar surface area (TPSA) is 72.4 Å². The third-order valence-corrected chi connectivity index (χ3v) is 3.89. The summed E-state index contributed by atoms with van der Waals surface area (Å²) in [4.78, 5) is 13.0. The van der Waals surface area contributed by atoms with E-state index in [4.69, 9.17) is 5.73 Å². The summed E-state index contributed by atoms with van der Waals surface area (Å²) >= 11 is 0. The predicted octanol–water partition coefficient (Wildman–Crippen LogP) is 2.47. The summed E-state index contributed by atoms with van der Waals surface area (Å²) in [7, 11) is 0. The lowest BCUT2D eigenvalue weighted by Gasteiger charge is -2.39. The summed E-state index contributed by atoms with van der Waals surface area (Å²) in [5.41, 5.74) is 7.78. The molecule has 0 aliphatic carbocycles. The van der Waals surface area contributed by atoms with E-state index in [1.807, 2.05) is 13.0 Å². The van der Waals surface area contributed by atoms with Gasteiger partial charge < -0.3 is 10.6 Å². The molecule has 1 heterocycles. The van der Waals surface area contributed by atoms with Gasteiger partial charge in [0, 0.05) is 25.2 Å². The number of benzene rings is 1. The number of anilines is 1. The monoisotopic (exact) mass is 263 g/mol. The molecule has 1 saturated heterocycles. The molecule has 19 heavy (non-hydrogen) atoms. The smallest absolute Gasteiger partial charge is 0.292 e. The van der Waals surface area contributed by atoms with Crippen LogP contribution in [0, 0.1) is 23.0 Å². The number of rotatable bonds is 3. The zero-order chi connectivity index (χ0) is 14.0. The van der Waals surface area contributed by atoms with Crippen LogP contribution < -0.4 is 10.6 Å². The van der Waals surface area contributed by atoms with Gasteiger partial charge >= 0.3 is 0 Å². The number of nitrogens with zero attached hydrogens (tertiary/aromatic N) is 2. The Bertz CT molecular complexity index is 476. The van der Waals surface area contributed by atoms with Gasteiger partial charge in [-0.2, -0.15) is 0 Å². The maximum Gasteiger partial charge on any atom is 0.292 e. The lowest BCUT2D eigenvalue weighted by atomic mass is 9.91. The van der Waals surface area contributed by atoms with E-state index in [1.54, 1.807) is 12.1 Å². The van der Waals surface area contributed by atoms with Gasteiger partial charge in [-0.1, -0.05) is 13.0 Å². The molecule has 0 bridgehead atoms. The summed E-state index contributed by atoms with van der Waals surface area (Å²) in [6, 6.07) is 5.47. The molecule has 1 aromatic rings. The second-order valence-electron chi connectivity index (χ2n) is 5.46. The van der Waals surface area contributed by atoms with Gasteiger partial charge in [0.25, 0.3) is 5.69 Å². The number of hydrogen-bond acceptors (Lipinski definition) is 4. The highest BCUT2D eigenvalue weighted by molar-refractivity contribution is 5.65. The highest BCUT2D eigenvalue weighted by Crippen LogP contribution is 2.34. The van der Waals surface area contributed by atoms with E-state index in [2.05, 4.69) is 11.8 Å². The Morgan fingerprint density at radius 2 is 2.26 bits per heavy atom. The molecule has 1 aliphatic rings. The lowest BCUT2D eigenvalue weighted by molar-refractivity contribution is -0.384. The molecule has 2 rings (SSSR count). The van der Waals surface area contributed by atoms with E-state index in [9.17, 15) is 10.1 Å². The van der Waals surface area contributed by atoms with Crippen molar-refractivity contribution >= 4 is 11.4 Å². The van der Waals surface area contributed by atoms with E-state index in [0.717, 1.165) is 24.9 Å². The van der Waals surface area contributed by atoms with Crippen LogP contribution in [0.3, 0.4) is 0 Å². The SMILES string of the molecule is Cc1ccc([N+](=O)[O-])c(N2CCC(C)CC2CN)c1. The van der Waals surface area contributed by atoms with Gasteiger partial charge in [-0.3, -0.25) is 10.1 Å². The van der Waals surface area contributed by atoms with E-state index in [0.29, 0.717) is 18.2 Å². The Kier molecular flexibility index (Phi) is 4.04. The third kappa shape index (κ3) is 2.87. The standard InChI is InChI=1S/C14H21N3O2/c1-10-3-4-13(17(18)19)14(8-10)16-6-5-11(2)7-12(16)9-15/h3-4,8,11-12H,5-7,9,15H2,1-2H3. The van der Waals surface area contributed by atoms with Crippen LogP contribution in [0.25, 0.3) is 0 Å². The van der Waals surface area contributed by atoms with Crippen molar-refractivity contribution in [3.63, 3.8) is 0 Å². The average Bonchev–Trinajstić information content (AvgIpc) is 2.38. The molecule has 1 fully saturated rings. The van der Waals surface area contributed by atoms with Crippen molar-refractivity contribution in [1.29, 1.82) is 0 Å². The first-order chi connectivity index (χ1) is 9.02. The highest BCUT2D eigenvalue weighted by Gasteiger charge is 2.29. The van der Waals surface area contributed by atoms with Crippen molar-refractivity contribution < 1.29 is 4.92 Å². The molecule has 0 spiro atoms. The number of hydrogen-bond donors (Lipinski definition) is 1. The van der Waals surface area contributed by atoms with Gasteiger partial charge in [0.1, 0.15) is 5.69 Å². The molecule has 0 saturated carbocycles.